The van der Waals surface area contributed by atoms with E-state index in [1.807, 2.05) is 20.8 Å². The van der Waals surface area contributed by atoms with Gasteiger partial charge in [-0.2, -0.15) is 5.10 Å². The number of rotatable bonds is 4. The van der Waals surface area contributed by atoms with Gasteiger partial charge in [-0.15, -0.1) is 0 Å². The highest BCUT2D eigenvalue weighted by molar-refractivity contribution is 5.98. The van der Waals surface area contributed by atoms with E-state index in [1.54, 1.807) is 10.7 Å². The number of benzene rings is 1. The Morgan fingerprint density at radius 2 is 2.05 bits per heavy atom. The first kappa shape index (κ1) is 14.9. The summed E-state index contributed by atoms with van der Waals surface area (Å²) in [5.41, 5.74) is 3.77. The smallest absolute Gasteiger partial charge is 0.270 e. The fourth-order valence-electron chi connectivity index (χ4n) is 2.53. The number of carbonyl (C=O) groups excluding carboxylic acids is 1. The molecule has 6 nitrogen and oxygen atoms in total. The van der Waals surface area contributed by atoms with Crippen LogP contribution in [0.1, 0.15) is 41.2 Å². The lowest BCUT2D eigenvalue weighted by Gasteiger charge is -2.09. The molecule has 0 aliphatic heterocycles. The fourth-order valence-corrected chi connectivity index (χ4v) is 2.53. The van der Waals surface area contributed by atoms with Crippen molar-refractivity contribution >= 4 is 11.5 Å². The van der Waals surface area contributed by atoms with Gasteiger partial charge in [0.1, 0.15) is 0 Å². The first-order valence-corrected chi connectivity index (χ1v) is 6.71. The quantitative estimate of drug-likeness (QED) is 0.491. The topological polar surface area (TPSA) is 78.0 Å². The highest BCUT2D eigenvalue weighted by atomic mass is 16.6. The second kappa shape index (κ2) is 5.47. The molecule has 1 aromatic carbocycles. The van der Waals surface area contributed by atoms with E-state index in [0.29, 0.717) is 11.3 Å². The number of hydrogen-bond acceptors (Lipinski definition) is 4. The van der Waals surface area contributed by atoms with Crippen LogP contribution in [0.4, 0.5) is 5.69 Å². The number of nitrogens with zero attached hydrogens (tertiary/aromatic N) is 3. The SMILES string of the molecule is CCc1c(C)nn(-c2ccc([N+](=O)[O-])cc2C(C)=O)c1C. The monoisotopic (exact) mass is 287 g/mol. The Kier molecular flexibility index (Phi) is 3.88. The molecule has 2 aromatic rings. The number of aryl methyl sites for hydroxylation is 1. The van der Waals surface area contributed by atoms with E-state index in [0.717, 1.165) is 23.4 Å². The summed E-state index contributed by atoms with van der Waals surface area (Å²) in [5.74, 6) is -0.223. The molecule has 0 unspecified atom stereocenters. The first-order chi connectivity index (χ1) is 9.86. The summed E-state index contributed by atoms with van der Waals surface area (Å²) in [6.45, 7) is 7.30. The van der Waals surface area contributed by atoms with Crippen molar-refractivity contribution in [2.45, 2.75) is 34.1 Å². The molecule has 0 fully saturated rings. The van der Waals surface area contributed by atoms with E-state index >= 15 is 0 Å². The molecule has 0 spiro atoms. The van der Waals surface area contributed by atoms with Crippen molar-refractivity contribution < 1.29 is 9.72 Å². The van der Waals surface area contributed by atoms with E-state index in [9.17, 15) is 14.9 Å². The summed E-state index contributed by atoms with van der Waals surface area (Å²) >= 11 is 0. The van der Waals surface area contributed by atoms with Crippen molar-refractivity contribution in [1.82, 2.24) is 9.78 Å². The largest absolute Gasteiger partial charge is 0.294 e. The molecule has 0 bridgehead atoms. The number of ketones is 1. The summed E-state index contributed by atoms with van der Waals surface area (Å²) in [6.07, 6.45) is 0.847. The van der Waals surface area contributed by atoms with Gasteiger partial charge in [-0.05, 0) is 38.8 Å². The average molecular weight is 287 g/mol. The van der Waals surface area contributed by atoms with Crippen molar-refractivity contribution in [1.29, 1.82) is 0 Å². The zero-order valence-electron chi connectivity index (χ0n) is 12.5. The average Bonchev–Trinajstić information content (AvgIpc) is 2.72. The Morgan fingerprint density at radius 3 is 2.52 bits per heavy atom. The predicted octanol–water partition coefficient (Wildman–Crippen LogP) is 3.16. The molecule has 0 aliphatic carbocycles. The molecule has 110 valence electrons. The van der Waals surface area contributed by atoms with Crippen LogP contribution < -0.4 is 0 Å². The van der Waals surface area contributed by atoms with Gasteiger partial charge in [0, 0.05) is 23.4 Å². The zero-order chi connectivity index (χ0) is 15.7. The lowest BCUT2D eigenvalue weighted by Crippen LogP contribution is -2.07. The van der Waals surface area contributed by atoms with Crippen LogP contribution in [0.3, 0.4) is 0 Å². The zero-order valence-corrected chi connectivity index (χ0v) is 12.5. The first-order valence-electron chi connectivity index (χ1n) is 6.71. The van der Waals surface area contributed by atoms with Crippen LogP contribution in [0, 0.1) is 24.0 Å². The third kappa shape index (κ3) is 2.56. The maximum absolute atomic E-state index is 11.8. The molecule has 0 amide bonds. The molecule has 0 radical (unpaired) electrons. The van der Waals surface area contributed by atoms with E-state index in [1.165, 1.54) is 19.1 Å². The molecule has 2 rings (SSSR count). The summed E-state index contributed by atoms with van der Waals surface area (Å²) in [6, 6.07) is 4.28. The fraction of sp³-hybridized carbons (Fsp3) is 0.333. The van der Waals surface area contributed by atoms with Gasteiger partial charge in [-0.25, -0.2) is 4.68 Å². The number of aromatic nitrogens is 2. The minimum Gasteiger partial charge on any atom is -0.294 e. The Labute approximate surface area is 122 Å². The maximum atomic E-state index is 11.8. The normalized spacial score (nSPS) is 10.7. The number of nitro groups is 1. The second-order valence-corrected chi connectivity index (χ2v) is 4.93. The van der Waals surface area contributed by atoms with Gasteiger partial charge in [0.05, 0.1) is 16.3 Å². The molecular weight excluding hydrogens is 270 g/mol. The van der Waals surface area contributed by atoms with Crippen molar-refractivity contribution in [3.8, 4) is 5.69 Å². The Hall–Kier alpha value is -2.50. The van der Waals surface area contributed by atoms with Gasteiger partial charge in [-0.1, -0.05) is 6.92 Å². The van der Waals surface area contributed by atoms with Crippen LogP contribution in [0.2, 0.25) is 0 Å². The third-order valence-corrected chi connectivity index (χ3v) is 3.59. The van der Waals surface area contributed by atoms with Gasteiger partial charge in [0.15, 0.2) is 5.78 Å². The molecule has 0 atom stereocenters. The van der Waals surface area contributed by atoms with Crippen LogP contribution in [0.15, 0.2) is 18.2 Å². The van der Waals surface area contributed by atoms with Crippen molar-refractivity contribution in [3.05, 3.63) is 50.8 Å². The highest BCUT2D eigenvalue weighted by Gasteiger charge is 2.18. The standard InChI is InChI=1S/C15H17N3O3/c1-5-13-9(2)16-17(10(13)3)15-7-6-12(18(20)21)8-14(15)11(4)19/h6-8H,5H2,1-4H3. The predicted molar refractivity (Wildman–Crippen MR) is 79.1 cm³/mol. The van der Waals surface area contributed by atoms with Crippen LogP contribution >= 0.6 is 0 Å². The molecule has 1 aromatic heterocycles. The summed E-state index contributed by atoms with van der Waals surface area (Å²) < 4.78 is 1.69. The van der Waals surface area contributed by atoms with Gasteiger partial charge in [0.2, 0.25) is 0 Å². The van der Waals surface area contributed by atoms with Crippen molar-refractivity contribution in [2.24, 2.45) is 0 Å². The number of nitro benzene ring substituents is 1. The van der Waals surface area contributed by atoms with Crippen molar-refractivity contribution in [3.63, 3.8) is 0 Å². The number of Topliss-reactive ketones (excluding diaryl/α,β-unsaturated/α-hetero) is 1. The molecule has 21 heavy (non-hydrogen) atoms. The molecule has 1 heterocycles. The molecule has 0 aliphatic rings. The Morgan fingerprint density at radius 1 is 1.38 bits per heavy atom. The van der Waals surface area contributed by atoms with Crippen molar-refractivity contribution in [2.75, 3.05) is 0 Å². The molecule has 6 heteroatoms. The third-order valence-electron chi connectivity index (χ3n) is 3.59. The van der Waals surface area contributed by atoms with E-state index in [-0.39, 0.29) is 11.5 Å². The lowest BCUT2D eigenvalue weighted by molar-refractivity contribution is -0.384. The van der Waals surface area contributed by atoms with Gasteiger partial charge in [0.25, 0.3) is 5.69 Å². The lowest BCUT2D eigenvalue weighted by atomic mass is 10.1. The highest BCUT2D eigenvalue weighted by Crippen LogP contribution is 2.25. The minimum atomic E-state index is -0.505. The number of carbonyl (C=O) groups is 1. The van der Waals surface area contributed by atoms with Crippen LogP contribution in [0.5, 0.6) is 0 Å². The second-order valence-electron chi connectivity index (χ2n) is 4.93. The Bertz CT molecular complexity index is 732. The van der Waals surface area contributed by atoms with Crippen LogP contribution in [-0.4, -0.2) is 20.5 Å². The van der Waals surface area contributed by atoms with Crippen LogP contribution in [-0.2, 0) is 6.42 Å². The van der Waals surface area contributed by atoms with Gasteiger partial charge < -0.3 is 0 Å². The van der Waals surface area contributed by atoms with Gasteiger partial charge in [-0.3, -0.25) is 14.9 Å². The molecule has 0 N–H and O–H groups in total. The minimum absolute atomic E-state index is 0.0961. The maximum Gasteiger partial charge on any atom is 0.270 e. The van der Waals surface area contributed by atoms with E-state index in [4.69, 9.17) is 0 Å². The number of hydrogen-bond donors (Lipinski definition) is 0. The molecular formula is C15H17N3O3. The van der Waals surface area contributed by atoms with Crippen LogP contribution in [0.25, 0.3) is 5.69 Å². The van der Waals surface area contributed by atoms with E-state index in [2.05, 4.69) is 5.10 Å². The summed E-state index contributed by atoms with van der Waals surface area (Å²) in [7, 11) is 0. The molecule has 0 saturated carbocycles. The van der Waals surface area contributed by atoms with E-state index < -0.39 is 4.92 Å². The summed E-state index contributed by atoms with van der Waals surface area (Å²) in [4.78, 5) is 22.2. The summed E-state index contributed by atoms with van der Waals surface area (Å²) in [5, 5.41) is 15.3. The van der Waals surface area contributed by atoms with Gasteiger partial charge >= 0.3 is 0 Å². The number of non-ortho nitro benzene ring substituents is 1. The Balaban J connectivity index is 2.69. The molecule has 0 saturated heterocycles.